The summed E-state index contributed by atoms with van der Waals surface area (Å²) in [5.74, 6) is -0.989. The first-order chi connectivity index (χ1) is 7.70. The monoisotopic (exact) mass is 259 g/mol. The smallest absolute Gasteiger partial charge is 0.253 e. The van der Waals surface area contributed by atoms with Crippen LogP contribution in [0.3, 0.4) is 0 Å². The zero-order chi connectivity index (χ0) is 13.2. The number of hydrogen-bond acceptors (Lipinski definition) is 2. The van der Waals surface area contributed by atoms with Crippen molar-refractivity contribution < 1.29 is 14.3 Å². The van der Waals surface area contributed by atoms with Gasteiger partial charge in [0.2, 0.25) is 0 Å². The van der Waals surface area contributed by atoms with Crippen molar-refractivity contribution in [1.29, 1.82) is 0 Å². The second-order valence-corrected chi connectivity index (χ2v) is 5.01. The van der Waals surface area contributed by atoms with E-state index in [1.165, 1.54) is 17.0 Å². The second kappa shape index (κ2) is 5.02. The fraction of sp³-hybridized carbons (Fsp3) is 0.417. The second-order valence-electron chi connectivity index (χ2n) is 4.60. The molecule has 0 unspecified atom stereocenters. The highest BCUT2D eigenvalue weighted by Crippen LogP contribution is 2.17. The van der Waals surface area contributed by atoms with Crippen LogP contribution in [0.4, 0.5) is 4.39 Å². The SMILES string of the molecule is CN(CC(C)(C)O)C(=O)c1ccc(Cl)c(F)c1. The van der Waals surface area contributed by atoms with Gasteiger partial charge in [0.05, 0.1) is 10.6 Å². The average Bonchev–Trinajstić information content (AvgIpc) is 2.18. The minimum absolute atomic E-state index is 0.0216. The molecule has 0 heterocycles. The molecule has 0 saturated heterocycles. The van der Waals surface area contributed by atoms with Gasteiger partial charge in [-0.15, -0.1) is 0 Å². The Labute approximate surface area is 105 Å². The molecule has 1 rings (SSSR count). The fourth-order valence-corrected chi connectivity index (χ4v) is 1.62. The summed E-state index contributed by atoms with van der Waals surface area (Å²) in [5.41, 5.74) is -0.784. The molecule has 0 bridgehead atoms. The quantitative estimate of drug-likeness (QED) is 0.905. The maximum Gasteiger partial charge on any atom is 0.253 e. The van der Waals surface area contributed by atoms with E-state index in [2.05, 4.69) is 0 Å². The maximum atomic E-state index is 13.2. The van der Waals surface area contributed by atoms with Crippen molar-refractivity contribution in [2.24, 2.45) is 0 Å². The number of hydrogen-bond donors (Lipinski definition) is 1. The largest absolute Gasteiger partial charge is 0.389 e. The van der Waals surface area contributed by atoms with E-state index in [0.717, 1.165) is 6.07 Å². The third-order valence-electron chi connectivity index (χ3n) is 2.14. The predicted octanol–water partition coefficient (Wildman–Crippen LogP) is 2.32. The lowest BCUT2D eigenvalue weighted by Crippen LogP contribution is -2.39. The normalized spacial score (nSPS) is 11.4. The molecule has 1 N–H and O–H groups in total. The van der Waals surface area contributed by atoms with Crippen LogP contribution in [0.1, 0.15) is 24.2 Å². The molecule has 3 nitrogen and oxygen atoms in total. The van der Waals surface area contributed by atoms with Gasteiger partial charge in [0.1, 0.15) is 5.82 Å². The highest BCUT2D eigenvalue weighted by atomic mass is 35.5. The summed E-state index contributed by atoms with van der Waals surface area (Å²) in [7, 11) is 1.55. The molecule has 0 aliphatic carbocycles. The van der Waals surface area contributed by atoms with Crippen molar-refractivity contribution >= 4 is 17.5 Å². The number of aliphatic hydroxyl groups is 1. The van der Waals surface area contributed by atoms with Gasteiger partial charge < -0.3 is 10.0 Å². The van der Waals surface area contributed by atoms with Crippen LogP contribution in [0.15, 0.2) is 18.2 Å². The minimum Gasteiger partial charge on any atom is -0.389 e. The molecule has 94 valence electrons. The van der Waals surface area contributed by atoms with Crippen LogP contribution in [-0.4, -0.2) is 35.1 Å². The van der Waals surface area contributed by atoms with Crippen molar-refractivity contribution in [3.05, 3.63) is 34.6 Å². The Morgan fingerprint density at radius 3 is 2.59 bits per heavy atom. The van der Waals surface area contributed by atoms with Crippen LogP contribution in [0.25, 0.3) is 0 Å². The van der Waals surface area contributed by atoms with Gasteiger partial charge in [-0.05, 0) is 32.0 Å². The molecule has 0 atom stereocenters. The van der Waals surface area contributed by atoms with Crippen molar-refractivity contribution in [1.82, 2.24) is 4.90 Å². The third kappa shape index (κ3) is 3.98. The Morgan fingerprint density at radius 1 is 1.53 bits per heavy atom. The number of halogens is 2. The topological polar surface area (TPSA) is 40.5 Å². The van der Waals surface area contributed by atoms with Gasteiger partial charge in [-0.2, -0.15) is 0 Å². The lowest BCUT2D eigenvalue weighted by Gasteiger charge is -2.25. The molecule has 0 aliphatic rings. The van der Waals surface area contributed by atoms with Crippen molar-refractivity contribution in [3.63, 3.8) is 0 Å². The molecular formula is C12H15ClFNO2. The van der Waals surface area contributed by atoms with Gasteiger partial charge >= 0.3 is 0 Å². The molecule has 1 amide bonds. The molecule has 17 heavy (non-hydrogen) atoms. The van der Waals surface area contributed by atoms with Gasteiger partial charge in [0.25, 0.3) is 5.91 Å². The van der Waals surface area contributed by atoms with Crippen LogP contribution in [0.5, 0.6) is 0 Å². The van der Waals surface area contributed by atoms with E-state index in [9.17, 15) is 14.3 Å². The van der Waals surface area contributed by atoms with Gasteiger partial charge in [-0.1, -0.05) is 11.6 Å². The lowest BCUT2D eigenvalue weighted by molar-refractivity contribution is 0.0367. The predicted molar refractivity (Wildman–Crippen MR) is 64.7 cm³/mol. The molecular weight excluding hydrogens is 245 g/mol. The summed E-state index contributed by atoms with van der Waals surface area (Å²) in [5, 5.41) is 9.57. The van der Waals surface area contributed by atoms with Crippen molar-refractivity contribution in [3.8, 4) is 0 Å². The average molecular weight is 260 g/mol. The molecule has 0 spiro atoms. The Bertz CT molecular complexity index is 429. The van der Waals surface area contributed by atoms with Gasteiger partial charge in [0, 0.05) is 19.2 Å². The van der Waals surface area contributed by atoms with E-state index in [1.54, 1.807) is 20.9 Å². The van der Waals surface area contributed by atoms with E-state index < -0.39 is 11.4 Å². The highest BCUT2D eigenvalue weighted by Gasteiger charge is 2.20. The van der Waals surface area contributed by atoms with Crippen molar-refractivity contribution in [2.75, 3.05) is 13.6 Å². The fourth-order valence-electron chi connectivity index (χ4n) is 1.50. The highest BCUT2D eigenvalue weighted by molar-refractivity contribution is 6.30. The molecule has 0 aliphatic heterocycles. The zero-order valence-electron chi connectivity index (χ0n) is 10.00. The first kappa shape index (κ1) is 13.9. The molecule has 1 aromatic carbocycles. The molecule has 0 fully saturated rings. The van der Waals surface area contributed by atoms with E-state index in [-0.39, 0.29) is 23.0 Å². The minimum atomic E-state index is -0.991. The van der Waals surface area contributed by atoms with Gasteiger partial charge in [-0.25, -0.2) is 4.39 Å². The Hall–Kier alpha value is -1.13. The van der Waals surface area contributed by atoms with Crippen LogP contribution in [0.2, 0.25) is 5.02 Å². The molecule has 0 radical (unpaired) electrons. The molecule has 5 heteroatoms. The first-order valence-electron chi connectivity index (χ1n) is 5.13. The Balaban J connectivity index is 2.85. The van der Waals surface area contributed by atoms with Crippen LogP contribution >= 0.6 is 11.6 Å². The molecule has 1 aromatic rings. The standard InChI is InChI=1S/C12H15ClFNO2/c1-12(2,17)7-15(3)11(16)8-4-5-9(13)10(14)6-8/h4-6,17H,7H2,1-3H3. The summed E-state index contributed by atoms with van der Waals surface area (Å²) < 4.78 is 13.2. The summed E-state index contributed by atoms with van der Waals surface area (Å²) in [6.45, 7) is 3.36. The van der Waals surface area contributed by atoms with Crippen LogP contribution in [0, 0.1) is 5.82 Å². The van der Waals surface area contributed by atoms with Crippen LogP contribution in [-0.2, 0) is 0 Å². The van der Waals surface area contributed by atoms with E-state index in [0.29, 0.717) is 0 Å². The summed E-state index contributed by atoms with van der Waals surface area (Å²) >= 11 is 5.53. The summed E-state index contributed by atoms with van der Waals surface area (Å²) in [6.07, 6.45) is 0. The van der Waals surface area contributed by atoms with E-state index in [4.69, 9.17) is 11.6 Å². The Morgan fingerprint density at radius 2 is 2.12 bits per heavy atom. The van der Waals surface area contributed by atoms with Crippen LogP contribution < -0.4 is 0 Å². The zero-order valence-corrected chi connectivity index (χ0v) is 10.8. The molecule has 0 saturated carbocycles. The summed E-state index contributed by atoms with van der Waals surface area (Å²) in [6, 6.07) is 3.88. The van der Waals surface area contributed by atoms with Crippen molar-refractivity contribution in [2.45, 2.75) is 19.4 Å². The number of carbonyl (C=O) groups excluding carboxylic acids is 1. The van der Waals surface area contributed by atoms with E-state index in [1.807, 2.05) is 0 Å². The summed E-state index contributed by atoms with van der Waals surface area (Å²) in [4.78, 5) is 13.2. The molecule has 0 aromatic heterocycles. The Kier molecular flexibility index (Phi) is 4.11. The number of rotatable bonds is 3. The first-order valence-corrected chi connectivity index (χ1v) is 5.51. The van der Waals surface area contributed by atoms with Gasteiger partial charge in [-0.3, -0.25) is 4.79 Å². The number of benzene rings is 1. The van der Waals surface area contributed by atoms with E-state index >= 15 is 0 Å². The third-order valence-corrected chi connectivity index (χ3v) is 2.44. The maximum absolute atomic E-state index is 13.2. The number of amides is 1. The number of nitrogens with zero attached hydrogens (tertiary/aromatic N) is 1. The number of likely N-dealkylation sites (N-methyl/N-ethyl adjacent to an activating group) is 1. The van der Waals surface area contributed by atoms with Gasteiger partial charge in [0.15, 0.2) is 0 Å². The lowest BCUT2D eigenvalue weighted by atomic mass is 10.1. The number of carbonyl (C=O) groups is 1.